The predicted molar refractivity (Wildman–Crippen MR) is 171 cm³/mol. The highest BCUT2D eigenvalue weighted by Gasteiger charge is 2.20. The fraction of sp³-hybridized carbons (Fsp3) is 0.433. The number of aldehydes is 1. The SMILES string of the molecule is C=CC=O.CC.CN=C(N)/C(C(N)=O)=C(\N)C#Cc1cc(N)c(C2=C(N)CCC2)cc1Cl.COCC1CCCN1C. The van der Waals surface area contributed by atoms with E-state index in [9.17, 15) is 4.79 Å². The first kappa shape index (κ1) is 37.2. The van der Waals surface area contributed by atoms with E-state index in [1.54, 1.807) is 19.2 Å². The summed E-state index contributed by atoms with van der Waals surface area (Å²) < 4.78 is 5.05. The number of carbonyl (C=O) groups excluding carboxylic acids is 2. The number of rotatable bonds is 6. The quantitative estimate of drug-likeness (QED) is 0.0838. The molecule has 11 heteroatoms. The number of likely N-dealkylation sites (tertiary alicyclic amines) is 1. The molecule has 1 atom stereocenters. The van der Waals surface area contributed by atoms with Gasteiger partial charge in [0.1, 0.15) is 17.7 Å². The summed E-state index contributed by atoms with van der Waals surface area (Å²) in [7, 11) is 5.35. The number of allylic oxidation sites excluding steroid dienone is 4. The van der Waals surface area contributed by atoms with Crippen LogP contribution in [0.1, 0.15) is 57.1 Å². The molecule has 1 unspecified atom stereocenters. The molecular formula is C30H46ClN7O3. The zero-order chi connectivity index (χ0) is 31.5. The molecule has 0 radical (unpaired) electrons. The van der Waals surface area contributed by atoms with Gasteiger partial charge in [0.25, 0.3) is 5.91 Å². The highest BCUT2D eigenvalue weighted by Crippen LogP contribution is 2.36. The average molecular weight is 588 g/mol. The summed E-state index contributed by atoms with van der Waals surface area (Å²) in [4.78, 5) is 26.6. The van der Waals surface area contributed by atoms with Crippen LogP contribution in [-0.2, 0) is 14.3 Å². The van der Waals surface area contributed by atoms with Gasteiger partial charge in [-0.05, 0) is 75.4 Å². The van der Waals surface area contributed by atoms with Gasteiger partial charge in [-0.2, -0.15) is 0 Å². The van der Waals surface area contributed by atoms with Crippen LogP contribution in [0.4, 0.5) is 5.69 Å². The van der Waals surface area contributed by atoms with E-state index in [1.807, 2.05) is 13.8 Å². The van der Waals surface area contributed by atoms with Crippen molar-refractivity contribution in [1.82, 2.24) is 4.90 Å². The number of hydrogen-bond donors (Lipinski definition) is 5. The number of anilines is 1. The smallest absolute Gasteiger partial charge is 0.255 e. The average Bonchev–Trinajstić information content (AvgIpc) is 3.57. The summed E-state index contributed by atoms with van der Waals surface area (Å²) >= 11 is 6.32. The van der Waals surface area contributed by atoms with Gasteiger partial charge in [0.15, 0.2) is 0 Å². The number of nitrogen functional groups attached to an aromatic ring is 1. The maximum atomic E-state index is 11.5. The van der Waals surface area contributed by atoms with Crippen LogP contribution in [0.3, 0.4) is 0 Å². The van der Waals surface area contributed by atoms with E-state index in [0.29, 0.717) is 28.6 Å². The standard InChI is InChI=1S/C18H21ClN6O.C7H15NO.C3H4O.C2H6/c1-25-17(23)16(18(24)26)14(21)6-5-9-7-15(22)11(8-12(9)19)10-3-2-4-13(10)20;1-8-5-3-4-7(8)6-9-2;1-2-3-4;1-2/h7-8H,2-4,20-22H2,1H3,(H2,23,25)(H2,24,26);7H,3-6H2,1-2H3;2-3H,1H2;1-2H3/b16-14+;;;. The van der Waals surface area contributed by atoms with Crippen molar-refractivity contribution in [3.05, 3.63) is 57.9 Å². The molecule has 1 aromatic rings. The number of hydrogen-bond acceptors (Lipinski definition) is 8. The predicted octanol–water partition coefficient (Wildman–Crippen LogP) is 2.94. The van der Waals surface area contributed by atoms with Crippen molar-refractivity contribution in [2.45, 2.75) is 52.0 Å². The van der Waals surface area contributed by atoms with E-state index in [-0.39, 0.29) is 17.1 Å². The van der Waals surface area contributed by atoms with Crippen molar-refractivity contribution in [2.75, 3.05) is 40.1 Å². The molecule has 1 aliphatic heterocycles. The number of nitrogens with zero attached hydrogens (tertiary/aromatic N) is 2. The minimum Gasteiger partial charge on any atom is -0.402 e. The fourth-order valence-corrected chi connectivity index (χ4v) is 4.32. The molecule has 1 heterocycles. The van der Waals surface area contributed by atoms with Crippen LogP contribution in [0.5, 0.6) is 0 Å². The molecule has 41 heavy (non-hydrogen) atoms. The first-order chi connectivity index (χ1) is 19.5. The summed E-state index contributed by atoms with van der Waals surface area (Å²) in [6.07, 6.45) is 7.20. The normalized spacial score (nSPS) is 16.8. The number of nitrogens with two attached hydrogens (primary N) is 5. The Bertz CT molecular complexity index is 1190. The van der Waals surface area contributed by atoms with Crippen molar-refractivity contribution in [1.29, 1.82) is 0 Å². The number of amidine groups is 1. The monoisotopic (exact) mass is 587 g/mol. The van der Waals surface area contributed by atoms with Gasteiger partial charge in [-0.25, -0.2) is 0 Å². The summed E-state index contributed by atoms with van der Waals surface area (Å²) in [5.41, 5.74) is 32.3. The summed E-state index contributed by atoms with van der Waals surface area (Å²) in [6.45, 7) is 9.25. The molecule has 1 amide bonds. The van der Waals surface area contributed by atoms with E-state index < -0.39 is 5.91 Å². The molecule has 10 N–H and O–H groups in total. The molecule has 1 aliphatic carbocycles. The lowest BCUT2D eigenvalue weighted by atomic mass is 10.0. The van der Waals surface area contributed by atoms with Gasteiger partial charge in [0, 0.05) is 42.7 Å². The Morgan fingerprint density at radius 1 is 1.22 bits per heavy atom. The third kappa shape index (κ3) is 12.1. The molecule has 226 valence electrons. The number of halogens is 1. The number of ether oxygens (including phenoxy) is 1. The number of aliphatic imine (C=N–C) groups is 1. The molecule has 3 rings (SSSR count). The number of likely N-dealkylation sites (N-methyl/N-ethyl adjacent to an activating group) is 1. The lowest BCUT2D eigenvalue weighted by molar-refractivity contribution is -0.114. The van der Waals surface area contributed by atoms with Crippen LogP contribution in [0, 0.1) is 11.8 Å². The highest BCUT2D eigenvalue weighted by molar-refractivity contribution is 6.32. The Kier molecular flexibility index (Phi) is 18.3. The number of primary amides is 1. The minimum atomic E-state index is -0.815. The second kappa shape index (κ2) is 20.2. The fourth-order valence-electron chi connectivity index (χ4n) is 4.11. The summed E-state index contributed by atoms with van der Waals surface area (Å²) in [5.74, 6) is 4.51. The van der Waals surface area contributed by atoms with E-state index in [2.05, 4.69) is 35.4 Å². The van der Waals surface area contributed by atoms with Crippen LogP contribution in [-0.4, -0.2) is 63.3 Å². The third-order valence-corrected chi connectivity index (χ3v) is 6.51. The second-order valence-electron chi connectivity index (χ2n) is 8.89. The first-order valence-electron chi connectivity index (χ1n) is 13.4. The largest absolute Gasteiger partial charge is 0.402 e. The van der Waals surface area contributed by atoms with E-state index in [4.69, 9.17) is 49.8 Å². The molecule has 10 nitrogen and oxygen atoms in total. The van der Waals surface area contributed by atoms with E-state index in [1.165, 1.54) is 32.5 Å². The number of carbonyl (C=O) groups is 2. The number of methoxy groups -OCH3 is 1. The number of benzene rings is 1. The van der Waals surface area contributed by atoms with Crippen LogP contribution in [0.15, 0.2) is 46.7 Å². The van der Waals surface area contributed by atoms with E-state index >= 15 is 0 Å². The molecule has 2 aliphatic rings. The Morgan fingerprint density at radius 3 is 2.29 bits per heavy atom. The topological polar surface area (TPSA) is 189 Å². The lowest BCUT2D eigenvalue weighted by Gasteiger charge is -2.17. The van der Waals surface area contributed by atoms with Crippen molar-refractivity contribution in [3.8, 4) is 11.8 Å². The maximum absolute atomic E-state index is 11.5. The Morgan fingerprint density at radius 2 is 1.85 bits per heavy atom. The van der Waals surface area contributed by atoms with Gasteiger partial charge >= 0.3 is 0 Å². The summed E-state index contributed by atoms with van der Waals surface area (Å²) in [6, 6.07) is 4.08. The van der Waals surface area contributed by atoms with Crippen LogP contribution >= 0.6 is 11.6 Å². The van der Waals surface area contributed by atoms with Crippen molar-refractivity contribution < 1.29 is 14.3 Å². The number of amides is 1. The molecular weight excluding hydrogens is 542 g/mol. The Balaban J connectivity index is 0.000000875. The van der Waals surface area contributed by atoms with Gasteiger partial charge < -0.3 is 38.3 Å². The summed E-state index contributed by atoms with van der Waals surface area (Å²) in [5, 5.41) is 0.402. The van der Waals surface area contributed by atoms with Gasteiger partial charge in [-0.15, -0.1) is 0 Å². The molecule has 1 saturated heterocycles. The van der Waals surface area contributed by atoms with E-state index in [0.717, 1.165) is 42.7 Å². The van der Waals surface area contributed by atoms with Crippen LogP contribution in [0.2, 0.25) is 5.02 Å². The zero-order valence-corrected chi connectivity index (χ0v) is 25.7. The maximum Gasteiger partial charge on any atom is 0.255 e. The lowest BCUT2D eigenvalue weighted by Crippen LogP contribution is -2.29. The molecule has 0 aromatic heterocycles. The van der Waals surface area contributed by atoms with Crippen molar-refractivity contribution in [2.24, 2.45) is 27.9 Å². The first-order valence-corrected chi connectivity index (χ1v) is 13.8. The van der Waals surface area contributed by atoms with Crippen molar-refractivity contribution >= 4 is 40.9 Å². The molecule has 1 fully saturated rings. The van der Waals surface area contributed by atoms with Gasteiger partial charge in [-0.3, -0.25) is 14.6 Å². The molecule has 0 spiro atoms. The third-order valence-electron chi connectivity index (χ3n) is 6.20. The molecule has 1 aromatic carbocycles. The molecule has 0 bridgehead atoms. The Hall–Kier alpha value is -3.78. The van der Waals surface area contributed by atoms with Crippen LogP contribution in [0.25, 0.3) is 5.57 Å². The minimum absolute atomic E-state index is 0.0890. The Labute approximate surface area is 249 Å². The second-order valence-corrected chi connectivity index (χ2v) is 9.30. The van der Waals surface area contributed by atoms with Gasteiger partial charge in [-0.1, -0.05) is 37.9 Å². The zero-order valence-electron chi connectivity index (χ0n) is 24.9. The van der Waals surface area contributed by atoms with Crippen LogP contribution < -0.4 is 28.7 Å². The highest BCUT2D eigenvalue weighted by atomic mass is 35.5. The van der Waals surface area contributed by atoms with Crippen molar-refractivity contribution in [3.63, 3.8) is 0 Å². The van der Waals surface area contributed by atoms with Gasteiger partial charge in [0.05, 0.1) is 17.3 Å². The molecule has 0 saturated carbocycles. The van der Waals surface area contributed by atoms with Gasteiger partial charge in [0.2, 0.25) is 0 Å².